The highest BCUT2D eigenvalue weighted by Crippen LogP contribution is 2.25. The maximum absolute atomic E-state index is 13.3. The molecule has 112 valence electrons. The first-order valence-electron chi connectivity index (χ1n) is 4.35. The second-order valence-corrected chi connectivity index (χ2v) is 3.94. The molecule has 0 unspecified atom stereocenters. The third-order valence-electron chi connectivity index (χ3n) is 1.96. The maximum Gasteiger partial charge on any atom is 0.618 e. The van der Waals surface area contributed by atoms with Crippen LogP contribution in [0.25, 0.3) is 0 Å². The second-order valence-electron chi connectivity index (χ2n) is 3.36. The highest BCUT2D eigenvalue weighted by atomic mass is 32.1. The number of nitrogens with zero attached hydrogens (tertiary/aromatic N) is 4. The van der Waals surface area contributed by atoms with Crippen molar-refractivity contribution in [1.29, 1.82) is 0 Å². The van der Waals surface area contributed by atoms with Crippen molar-refractivity contribution in [3.8, 4) is 0 Å². The second kappa shape index (κ2) is 5.68. The minimum atomic E-state index is -4.34. The molecule has 0 aliphatic carbocycles. The third-order valence-corrected chi connectivity index (χ3v) is 2.25. The molecule has 0 atom stereocenters. The van der Waals surface area contributed by atoms with Crippen molar-refractivity contribution in [2.75, 3.05) is 0 Å². The van der Waals surface area contributed by atoms with E-state index in [2.05, 4.69) is 12.2 Å². The molecule has 0 rings (SSSR count). The summed E-state index contributed by atoms with van der Waals surface area (Å²) in [4.78, 5) is 31.6. The van der Waals surface area contributed by atoms with Gasteiger partial charge in [-0.15, -0.1) is 0 Å². The number of hydrogen-bond acceptors (Lipinski definition) is 9. The van der Waals surface area contributed by atoms with Gasteiger partial charge in [0, 0.05) is 4.86 Å². The van der Waals surface area contributed by atoms with Gasteiger partial charge in [-0.05, 0) is 0 Å². The topological polar surface area (TPSA) is 173 Å². The quantitative estimate of drug-likeness (QED) is 0.203. The highest BCUT2D eigenvalue weighted by Gasteiger charge is 2.63. The van der Waals surface area contributed by atoms with E-state index in [0.29, 0.717) is 0 Å². The van der Waals surface area contributed by atoms with Gasteiger partial charge in [-0.3, -0.25) is 40.5 Å². The van der Waals surface area contributed by atoms with E-state index in [9.17, 15) is 49.2 Å². The van der Waals surface area contributed by atoms with Crippen LogP contribution < -0.4 is 0 Å². The average Bonchev–Trinajstić information content (AvgIpc) is 2.27. The zero-order chi connectivity index (χ0) is 16.3. The van der Waals surface area contributed by atoms with Crippen molar-refractivity contribution < 1.29 is 28.5 Å². The molecule has 0 N–H and O–H groups in total. The fourth-order valence-corrected chi connectivity index (χ4v) is 1.32. The van der Waals surface area contributed by atoms with Crippen molar-refractivity contribution in [3.05, 3.63) is 40.5 Å². The zero-order valence-corrected chi connectivity index (χ0v) is 9.95. The van der Waals surface area contributed by atoms with Crippen LogP contribution in [0, 0.1) is 40.5 Å². The van der Waals surface area contributed by atoms with Crippen LogP contribution in [0.4, 0.5) is 8.78 Å². The van der Waals surface area contributed by atoms with Crippen molar-refractivity contribution in [3.63, 3.8) is 0 Å². The Kier molecular flexibility index (Phi) is 4.98. The minimum Gasteiger partial charge on any atom is -0.256 e. The van der Waals surface area contributed by atoms with Crippen LogP contribution in [0.1, 0.15) is 12.8 Å². The van der Waals surface area contributed by atoms with Crippen LogP contribution in [0.5, 0.6) is 0 Å². The first-order chi connectivity index (χ1) is 8.87. The Morgan fingerprint density at radius 3 is 1.15 bits per heavy atom. The lowest BCUT2D eigenvalue weighted by Gasteiger charge is -2.10. The molecule has 0 fully saturated rings. The van der Waals surface area contributed by atoms with Gasteiger partial charge >= 0.3 is 11.8 Å². The normalized spacial score (nSPS) is 11.7. The summed E-state index contributed by atoms with van der Waals surface area (Å²) in [5.74, 6) is -8.68. The Bertz CT molecular complexity index is 427. The number of thiocarbonyl (C=S) groups is 1. The van der Waals surface area contributed by atoms with Crippen LogP contribution in [0.3, 0.4) is 0 Å². The van der Waals surface area contributed by atoms with Crippen LogP contribution in [-0.4, -0.2) is 36.4 Å². The molecule has 0 aromatic rings. The van der Waals surface area contributed by atoms with Gasteiger partial charge in [-0.1, -0.05) is 21.0 Å². The molecule has 0 aliphatic heterocycles. The van der Waals surface area contributed by atoms with E-state index >= 15 is 0 Å². The minimum absolute atomic E-state index is 1.24. The van der Waals surface area contributed by atoms with Crippen molar-refractivity contribution in [2.24, 2.45) is 0 Å². The van der Waals surface area contributed by atoms with Gasteiger partial charge in [-0.2, -0.15) is 0 Å². The Labute approximate surface area is 112 Å². The van der Waals surface area contributed by atoms with Gasteiger partial charge in [0.1, 0.15) is 19.7 Å². The summed E-state index contributed by atoms with van der Waals surface area (Å²) in [5, 5.41) is 40.8. The van der Waals surface area contributed by atoms with E-state index in [1.807, 2.05) is 0 Å². The lowest BCUT2D eigenvalue weighted by molar-refractivity contribution is -0.832. The Balaban J connectivity index is 5.22. The molecule has 0 radical (unpaired) electrons. The summed E-state index contributed by atoms with van der Waals surface area (Å²) in [7, 11) is 0. The molecule has 0 aliphatic rings. The maximum atomic E-state index is 13.3. The molecular weight excluding hydrogens is 314 g/mol. The van der Waals surface area contributed by atoms with Crippen LogP contribution in [-0.2, 0) is 0 Å². The SMILES string of the molecule is O=[N+]([O-])C(F)(CC(=S)CC(F)([N+](=O)[O-])[N+](=O)[O-])[N+](=O)[O-]. The van der Waals surface area contributed by atoms with Crippen molar-refractivity contribution in [1.82, 2.24) is 0 Å². The van der Waals surface area contributed by atoms with E-state index in [4.69, 9.17) is 0 Å². The third kappa shape index (κ3) is 3.31. The summed E-state index contributed by atoms with van der Waals surface area (Å²) in [5.41, 5.74) is 0. The lowest BCUT2D eigenvalue weighted by atomic mass is 10.1. The highest BCUT2D eigenvalue weighted by molar-refractivity contribution is 7.80. The molecule has 15 heteroatoms. The fraction of sp³-hybridized carbons (Fsp3) is 0.800. The van der Waals surface area contributed by atoms with E-state index in [1.165, 1.54) is 0 Å². The van der Waals surface area contributed by atoms with Gasteiger partial charge in [0.25, 0.3) is 0 Å². The molecule has 12 nitrogen and oxygen atoms in total. The molecular formula is C5H4F2N4O8S. The number of alkyl halides is 2. The zero-order valence-electron chi connectivity index (χ0n) is 9.13. The molecule has 0 saturated carbocycles. The Hall–Kier alpha value is -2.45. The van der Waals surface area contributed by atoms with Gasteiger partial charge in [0.15, 0.2) is 12.8 Å². The first-order valence-corrected chi connectivity index (χ1v) is 4.76. The first kappa shape index (κ1) is 17.6. The van der Waals surface area contributed by atoms with Crippen LogP contribution in [0.15, 0.2) is 0 Å². The summed E-state index contributed by atoms with van der Waals surface area (Å²) >= 11 is 4.13. The number of hydrogen-bond donors (Lipinski definition) is 0. The number of nitro groups is 4. The molecule has 0 spiro atoms. The Morgan fingerprint density at radius 2 is 1.00 bits per heavy atom. The molecule has 0 heterocycles. The summed E-state index contributed by atoms with van der Waals surface area (Å²) in [6.07, 6.45) is -3.65. The molecule has 0 aromatic carbocycles. The Morgan fingerprint density at radius 1 is 0.800 bits per heavy atom. The van der Waals surface area contributed by atoms with Gasteiger partial charge in [0.05, 0.1) is 0 Å². The molecule has 0 amide bonds. The summed E-state index contributed by atoms with van der Waals surface area (Å²) in [6.45, 7) is 0. The van der Waals surface area contributed by atoms with Crippen molar-refractivity contribution in [2.45, 2.75) is 24.7 Å². The van der Waals surface area contributed by atoms with E-state index in [1.54, 1.807) is 0 Å². The molecule has 0 saturated heterocycles. The summed E-state index contributed by atoms with van der Waals surface area (Å²) < 4.78 is 26.6. The molecule has 20 heavy (non-hydrogen) atoms. The fourth-order valence-electron chi connectivity index (χ4n) is 0.956. The largest absolute Gasteiger partial charge is 0.618 e. The predicted octanol–water partition coefficient (Wildman–Crippen LogP) is 0.490. The predicted molar refractivity (Wildman–Crippen MR) is 57.5 cm³/mol. The van der Waals surface area contributed by atoms with E-state index in [0.717, 1.165) is 0 Å². The standard InChI is InChI=1S/C5H4F2N4O8S/c6-4(8(12)13,9(14)15)1-3(20)2-5(7,10(16)17)11(18)19/h1-2H2. The number of halogens is 2. The summed E-state index contributed by atoms with van der Waals surface area (Å²) in [6, 6.07) is 0. The smallest absolute Gasteiger partial charge is 0.256 e. The molecule has 0 bridgehead atoms. The molecule has 0 aromatic heterocycles. The van der Waals surface area contributed by atoms with Crippen molar-refractivity contribution >= 4 is 17.1 Å². The van der Waals surface area contributed by atoms with Crippen LogP contribution in [0.2, 0.25) is 0 Å². The average molecular weight is 318 g/mol. The van der Waals surface area contributed by atoms with Gasteiger partial charge in [0.2, 0.25) is 0 Å². The number of rotatable bonds is 8. The lowest BCUT2D eigenvalue weighted by Crippen LogP contribution is -2.47. The van der Waals surface area contributed by atoms with Crippen LogP contribution >= 0.6 is 12.2 Å². The van der Waals surface area contributed by atoms with Gasteiger partial charge < -0.3 is 0 Å². The van der Waals surface area contributed by atoms with E-state index < -0.39 is 49.2 Å². The van der Waals surface area contributed by atoms with E-state index in [-0.39, 0.29) is 0 Å². The van der Waals surface area contributed by atoms with Gasteiger partial charge in [-0.25, -0.2) is 0 Å². The monoisotopic (exact) mass is 318 g/mol.